The third kappa shape index (κ3) is 61.6. The highest BCUT2D eigenvalue weighted by Gasteiger charge is 2.30. The Morgan fingerprint density at radius 1 is 0.318 bits per heavy atom. The molecule has 0 radical (unpaired) electrons. The van der Waals surface area contributed by atoms with E-state index in [4.69, 9.17) is 37.0 Å². The van der Waals surface area contributed by atoms with Gasteiger partial charge in [-0.2, -0.15) is 0 Å². The fourth-order valence-corrected chi connectivity index (χ4v) is 12.0. The van der Waals surface area contributed by atoms with E-state index in [0.29, 0.717) is 25.7 Å². The molecule has 0 saturated carbocycles. The summed E-state index contributed by atoms with van der Waals surface area (Å²) >= 11 is 0. The van der Waals surface area contributed by atoms with E-state index in [1.54, 1.807) is 0 Å². The smallest absolute Gasteiger partial charge is 0.462 e. The molecular formula is C69H134O17P2. The summed E-state index contributed by atoms with van der Waals surface area (Å²) < 4.78 is 68.1. The Bertz CT molecular complexity index is 1710. The molecule has 88 heavy (non-hydrogen) atoms. The lowest BCUT2D eigenvalue weighted by atomic mass is 9.99. The number of aliphatic hydroxyl groups is 1. The molecule has 0 amide bonds. The number of hydrogen-bond acceptors (Lipinski definition) is 15. The Balaban J connectivity index is 5.15. The second kappa shape index (κ2) is 62.5. The number of hydrogen-bond donors (Lipinski definition) is 3. The molecule has 0 aromatic carbocycles. The molecule has 3 N–H and O–H groups in total. The zero-order valence-corrected chi connectivity index (χ0v) is 58.6. The van der Waals surface area contributed by atoms with Crippen molar-refractivity contribution in [2.75, 3.05) is 39.6 Å². The van der Waals surface area contributed by atoms with Crippen molar-refractivity contribution in [3.63, 3.8) is 0 Å². The average Bonchev–Trinajstić information content (AvgIpc) is 3.51. The predicted octanol–water partition coefficient (Wildman–Crippen LogP) is 19.7. The molecule has 0 aliphatic carbocycles. The Morgan fingerprint density at radius 2 is 0.545 bits per heavy atom. The molecule has 0 heterocycles. The topological polar surface area (TPSA) is 237 Å². The van der Waals surface area contributed by atoms with Crippen LogP contribution in [0, 0.1) is 5.92 Å². The lowest BCUT2D eigenvalue weighted by Gasteiger charge is -2.21. The molecule has 6 atom stereocenters. The van der Waals surface area contributed by atoms with Crippen molar-refractivity contribution < 1.29 is 80.2 Å². The van der Waals surface area contributed by atoms with E-state index < -0.39 is 97.5 Å². The van der Waals surface area contributed by atoms with Crippen LogP contribution in [-0.2, 0) is 65.4 Å². The fraction of sp³-hybridized carbons (Fsp3) is 0.942. The number of carbonyl (C=O) groups excluding carboxylic acids is 4. The number of aliphatic hydroxyl groups excluding tert-OH is 1. The summed E-state index contributed by atoms with van der Waals surface area (Å²) in [5.74, 6) is -1.35. The first kappa shape index (κ1) is 86.1. The zero-order valence-electron chi connectivity index (χ0n) is 56.9. The summed E-state index contributed by atoms with van der Waals surface area (Å²) in [4.78, 5) is 72.3. The van der Waals surface area contributed by atoms with Crippen LogP contribution in [0.3, 0.4) is 0 Å². The summed E-state index contributed by atoms with van der Waals surface area (Å²) in [5.41, 5.74) is 0. The average molecular weight is 1300 g/mol. The van der Waals surface area contributed by atoms with Crippen LogP contribution in [0.5, 0.6) is 0 Å². The van der Waals surface area contributed by atoms with Crippen molar-refractivity contribution >= 4 is 39.5 Å². The molecule has 0 aromatic rings. The number of esters is 4. The highest BCUT2D eigenvalue weighted by atomic mass is 31.2. The van der Waals surface area contributed by atoms with Crippen molar-refractivity contribution in [3.05, 3.63) is 0 Å². The normalized spacial score (nSPS) is 14.4. The zero-order chi connectivity index (χ0) is 64.9. The van der Waals surface area contributed by atoms with Gasteiger partial charge in [-0.3, -0.25) is 37.3 Å². The molecular weight excluding hydrogens is 1160 g/mol. The van der Waals surface area contributed by atoms with Crippen LogP contribution in [0.1, 0.15) is 356 Å². The third-order valence-electron chi connectivity index (χ3n) is 16.4. The molecule has 0 aliphatic heterocycles. The Kier molecular flexibility index (Phi) is 61.1. The first-order chi connectivity index (χ1) is 42.6. The Labute approximate surface area is 537 Å². The Hall–Kier alpha value is -1.94. The molecule has 0 fully saturated rings. The largest absolute Gasteiger partial charge is 0.472 e. The maximum atomic E-state index is 13.0. The molecule has 0 spiro atoms. The van der Waals surface area contributed by atoms with Gasteiger partial charge in [-0.25, -0.2) is 9.13 Å². The molecule has 17 nitrogen and oxygen atoms in total. The van der Waals surface area contributed by atoms with Gasteiger partial charge in [-0.15, -0.1) is 0 Å². The van der Waals surface area contributed by atoms with Gasteiger partial charge in [0.2, 0.25) is 0 Å². The maximum Gasteiger partial charge on any atom is 0.472 e. The van der Waals surface area contributed by atoms with Gasteiger partial charge in [0.1, 0.15) is 19.3 Å². The van der Waals surface area contributed by atoms with Crippen molar-refractivity contribution in [1.29, 1.82) is 0 Å². The molecule has 3 unspecified atom stereocenters. The van der Waals surface area contributed by atoms with E-state index in [9.17, 15) is 43.2 Å². The summed E-state index contributed by atoms with van der Waals surface area (Å²) in [5, 5.41) is 10.6. The predicted molar refractivity (Wildman–Crippen MR) is 354 cm³/mol. The van der Waals surface area contributed by atoms with Crippen molar-refractivity contribution in [3.8, 4) is 0 Å². The summed E-state index contributed by atoms with van der Waals surface area (Å²) in [6.07, 6.45) is 48.8. The van der Waals surface area contributed by atoms with Gasteiger partial charge in [-0.1, -0.05) is 304 Å². The van der Waals surface area contributed by atoms with E-state index >= 15 is 0 Å². The van der Waals surface area contributed by atoms with Crippen LogP contribution >= 0.6 is 15.6 Å². The molecule has 0 aliphatic rings. The number of rotatable bonds is 69. The summed E-state index contributed by atoms with van der Waals surface area (Å²) in [6, 6.07) is 0. The number of unbranched alkanes of at least 4 members (excludes halogenated alkanes) is 40. The van der Waals surface area contributed by atoms with Gasteiger partial charge >= 0.3 is 39.5 Å². The van der Waals surface area contributed by atoms with Crippen LogP contribution in [0.25, 0.3) is 0 Å². The number of carbonyl (C=O) groups is 4. The van der Waals surface area contributed by atoms with Gasteiger partial charge in [0, 0.05) is 25.7 Å². The minimum atomic E-state index is -4.95. The molecule has 0 bridgehead atoms. The number of phosphoric ester groups is 2. The minimum absolute atomic E-state index is 0.105. The van der Waals surface area contributed by atoms with Crippen molar-refractivity contribution in [1.82, 2.24) is 0 Å². The first-order valence-electron chi connectivity index (χ1n) is 36.2. The second-order valence-electron chi connectivity index (χ2n) is 25.2. The van der Waals surface area contributed by atoms with Crippen LogP contribution in [0.2, 0.25) is 0 Å². The van der Waals surface area contributed by atoms with E-state index in [1.165, 1.54) is 167 Å². The number of ether oxygens (including phenoxy) is 4. The van der Waals surface area contributed by atoms with Gasteiger partial charge in [0.15, 0.2) is 12.2 Å². The lowest BCUT2D eigenvalue weighted by Crippen LogP contribution is -2.30. The van der Waals surface area contributed by atoms with E-state index in [1.807, 2.05) is 0 Å². The SMILES string of the molecule is CCCCCCCCCCCCCCCCCCCCCCC(=O)O[C@H](COC(=O)CCCCCCCCCCC(C)CC)COP(=O)(O)OC[C@@H](O)COP(=O)(O)OC[C@@H](COC(=O)CCCCCCCCCC)OC(=O)CCCCCCCCCC. The standard InChI is InChI=1S/C69H134O17P2/c1-6-10-13-16-19-22-23-24-25-26-27-28-29-30-31-32-33-40-45-50-55-69(74)86-65(59-80-67(72)53-48-43-39-35-34-36-41-46-51-62(5)9-4)61-84-88(77,78)82-57-63(70)56-81-87(75,76)83-60-64(85-68(73)54-49-44-38-21-18-15-12-8-3)58-79-66(71)52-47-42-37-20-17-14-11-7-2/h62-65,70H,6-61H2,1-5H3,(H,75,76)(H,77,78)/t62?,63-,64+,65+/m0/s1. The van der Waals surface area contributed by atoms with Crippen LogP contribution in [0.15, 0.2) is 0 Å². The highest BCUT2D eigenvalue weighted by Crippen LogP contribution is 2.45. The van der Waals surface area contributed by atoms with Crippen LogP contribution < -0.4 is 0 Å². The summed E-state index contributed by atoms with van der Waals surface area (Å²) in [7, 11) is -9.89. The van der Waals surface area contributed by atoms with Gasteiger partial charge in [-0.05, 0) is 31.6 Å². The molecule has 522 valence electrons. The minimum Gasteiger partial charge on any atom is -0.462 e. The van der Waals surface area contributed by atoms with Crippen LogP contribution in [-0.4, -0.2) is 96.7 Å². The van der Waals surface area contributed by atoms with Gasteiger partial charge < -0.3 is 33.8 Å². The summed E-state index contributed by atoms with van der Waals surface area (Å²) in [6.45, 7) is 7.18. The quantitative estimate of drug-likeness (QED) is 0.0222. The lowest BCUT2D eigenvalue weighted by molar-refractivity contribution is -0.161. The maximum absolute atomic E-state index is 13.0. The van der Waals surface area contributed by atoms with E-state index in [-0.39, 0.29) is 25.7 Å². The van der Waals surface area contributed by atoms with Crippen molar-refractivity contribution in [2.45, 2.75) is 374 Å². The first-order valence-corrected chi connectivity index (χ1v) is 39.2. The molecule has 19 heteroatoms. The second-order valence-corrected chi connectivity index (χ2v) is 28.1. The monoisotopic (exact) mass is 1300 g/mol. The van der Waals surface area contributed by atoms with E-state index in [0.717, 1.165) is 109 Å². The molecule has 0 rings (SSSR count). The fourth-order valence-electron chi connectivity index (χ4n) is 10.4. The Morgan fingerprint density at radius 3 is 0.807 bits per heavy atom. The number of phosphoric acid groups is 2. The third-order valence-corrected chi connectivity index (χ3v) is 18.3. The van der Waals surface area contributed by atoms with Gasteiger partial charge in [0.25, 0.3) is 0 Å². The van der Waals surface area contributed by atoms with Crippen LogP contribution in [0.4, 0.5) is 0 Å². The molecule has 0 saturated heterocycles. The van der Waals surface area contributed by atoms with Crippen molar-refractivity contribution in [2.24, 2.45) is 5.92 Å². The van der Waals surface area contributed by atoms with E-state index in [2.05, 4.69) is 34.6 Å². The highest BCUT2D eigenvalue weighted by molar-refractivity contribution is 7.47. The van der Waals surface area contributed by atoms with Gasteiger partial charge in [0.05, 0.1) is 26.4 Å². The molecule has 0 aromatic heterocycles.